The average molecular weight is 290 g/mol. The highest BCUT2D eigenvalue weighted by Gasteiger charge is 2.35. The van der Waals surface area contributed by atoms with E-state index in [9.17, 15) is 13.2 Å². The lowest BCUT2D eigenvalue weighted by atomic mass is 10.1. The number of aliphatic imine (C=N–C) groups is 1. The molecular formula is C14H15ClF3N. The van der Waals surface area contributed by atoms with Crippen molar-refractivity contribution < 1.29 is 13.2 Å². The van der Waals surface area contributed by atoms with Crippen LogP contribution in [-0.4, -0.2) is 17.9 Å². The van der Waals surface area contributed by atoms with Crippen molar-refractivity contribution in [3.8, 4) is 0 Å². The fourth-order valence-electron chi connectivity index (χ4n) is 1.29. The third-order valence-corrected chi connectivity index (χ3v) is 2.57. The van der Waals surface area contributed by atoms with E-state index in [1.54, 1.807) is 51.1 Å². The van der Waals surface area contributed by atoms with E-state index in [-0.39, 0.29) is 5.57 Å². The quantitative estimate of drug-likeness (QED) is 0.674. The lowest BCUT2D eigenvalue weighted by molar-refractivity contribution is -0.0838. The molecule has 5 heteroatoms. The van der Waals surface area contributed by atoms with Crippen LogP contribution in [0.3, 0.4) is 0 Å². The molecule has 0 saturated heterocycles. The van der Waals surface area contributed by atoms with Crippen LogP contribution in [0.2, 0.25) is 0 Å². The average Bonchev–Trinajstić information content (AvgIpc) is 2.27. The normalized spacial score (nSPS) is 14.7. The molecule has 0 heterocycles. The molecule has 0 bridgehead atoms. The Morgan fingerprint density at radius 2 is 1.63 bits per heavy atom. The van der Waals surface area contributed by atoms with Gasteiger partial charge in [0.05, 0.1) is 5.54 Å². The molecule has 104 valence electrons. The first kappa shape index (κ1) is 15.8. The maximum atomic E-state index is 12.8. The predicted molar refractivity (Wildman–Crippen MR) is 73.5 cm³/mol. The number of rotatable bonds is 2. The summed E-state index contributed by atoms with van der Waals surface area (Å²) in [5.74, 6) is 0. The summed E-state index contributed by atoms with van der Waals surface area (Å²) in [5.41, 5.74) is -0.203. The summed E-state index contributed by atoms with van der Waals surface area (Å²) in [6.07, 6.45) is -3.40. The number of allylic oxidation sites excluding steroid dienone is 2. The Bertz CT molecular complexity index is 482. The maximum Gasteiger partial charge on any atom is 0.427 e. The second kappa shape index (κ2) is 5.78. The van der Waals surface area contributed by atoms with Crippen molar-refractivity contribution in [1.29, 1.82) is 0 Å². The lowest BCUT2D eigenvalue weighted by Gasteiger charge is -2.14. The van der Waals surface area contributed by atoms with Crippen molar-refractivity contribution in [2.45, 2.75) is 32.5 Å². The van der Waals surface area contributed by atoms with Gasteiger partial charge in [0.2, 0.25) is 0 Å². The van der Waals surface area contributed by atoms with E-state index in [0.717, 1.165) is 0 Å². The van der Waals surface area contributed by atoms with Gasteiger partial charge in [0.15, 0.2) is 0 Å². The van der Waals surface area contributed by atoms with Crippen LogP contribution in [0.5, 0.6) is 0 Å². The Hall–Kier alpha value is -1.29. The second-order valence-electron chi connectivity index (χ2n) is 5.02. The third kappa shape index (κ3) is 5.07. The molecule has 0 aliphatic carbocycles. The lowest BCUT2D eigenvalue weighted by Crippen LogP contribution is -2.13. The maximum absolute atomic E-state index is 12.8. The number of halogens is 4. The first-order valence-corrected chi connectivity index (χ1v) is 6.07. The molecule has 0 unspecified atom stereocenters. The monoisotopic (exact) mass is 289 g/mol. The van der Waals surface area contributed by atoms with E-state index in [1.807, 2.05) is 0 Å². The minimum atomic E-state index is -4.59. The molecule has 1 nitrogen and oxygen atoms in total. The van der Waals surface area contributed by atoms with E-state index in [1.165, 1.54) is 6.21 Å². The molecule has 0 aromatic heterocycles. The Balaban J connectivity index is 3.33. The number of hydrogen-bond donors (Lipinski definition) is 0. The highest BCUT2D eigenvalue weighted by atomic mass is 35.5. The highest BCUT2D eigenvalue weighted by Crippen LogP contribution is 2.34. The molecule has 1 aromatic carbocycles. The van der Waals surface area contributed by atoms with E-state index >= 15 is 0 Å². The van der Waals surface area contributed by atoms with Gasteiger partial charge >= 0.3 is 6.18 Å². The summed E-state index contributed by atoms with van der Waals surface area (Å²) in [7, 11) is 0. The zero-order valence-corrected chi connectivity index (χ0v) is 11.7. The molecule has 0 spiro atoms. The van der Waals surface area contributed by atoms with Crippen LogP contribution in [0.1, 0.15) is 26.3 Å². The highest BCUT2D eigenvalue weighted by molar-refractivity contribution is 6.37. The van der Waals surface area contributed by atoms with Gasteiger partial charge < -0.3 is 0 Å². The topological polar surface area (TPSA) is 12.4 Å². The van der Waals surface area contributed by atoms with Gasteiger partial charge in [-0.3, -0.25) is 4.99 Å². The molecule has 1 aromatic rings. The zero-order chi connectivity index (χ0) is 14.7. The van der Waals surface area contributed by atoms with Gasteiger partial charge in [-0.2, -0.15) is 13.2 Å². The van der Waals surface area contributed by atoms with Gasteiger partial charge in [-0.1, -0.05) is 41.9 Å². The van der Waals surface area contributed by atoms with E-state index in [4.69, 9.17) is 11.6 Å². The fraction of sp³-hybridized carbons (Fsp3) is 0.357. The molecule has 0 N–H and O–H groups in total. The Morgan fingerprint density at radius 3 is 2.05 bits per heavy atom. The number of hydrogen-bond acceptors (Lipinski definition) is 1. The molecule has 0 aliphatic rings. The molecule has 0 radical (unpaired) electrons. The van der Waals surface area contributed by atoms with Gasteiger partial charge in [0.1, 0.15) is 5.03 Å². The zero-order valence-electron chi connectivity index (χ0n) is 10.9. The minimum Gasteiger partial charge on any atom is -0.287 e. The van der Waals surface area contributed by atoms with Crippen LogP contribution in [-0.2, 0) is 0 Å². The van der Waals surface area contributed by atoms with Crippen molar-refractivity contribution in [2.75, 3.05) is 0 Å². The first-order valence-electron chi connectivity index (χ1n) is 5.69. The van der Waals surface area contributed by atoms with Gasteiger partial charge in [-0.15, -0.1) is 0 Å². The van der Waals surface area contributed by atoms with Crippen molar-refractivity contribution in [2.24, 2.45) is 4.99 Å². The summed E-state index contributed by atoms with van der Waals surface area (Å²) in [6.45, 7) is 5.40. The van der Waals surface area contributed by atoms with Gasteiger partial charge in [-0.05, 0) is 26.3 Å². The Kier molecular flexibility index (Phi) is 4.80. The molecule has 0 atom stereocenters. The molecule has 0 saturated carbocycles. The van der Waals surface area contributed by atoms with Crippen molar-refractivity contribution in [1.82, 2.24) is 0 Å². The van der Waals surface area contributed by atoms with Crippen molar-refractivity contribution >= 4 is 23.4 Å². The number of alkyl halides is 3. The van der Waals surface area contributed by atoms with E-state index in [2.05, 4.69) is 4.99 Å². The Labute approximate surface area is 115 Å². The molecule has 0 aliphatic heterocycles. The summed E-state index contributed by atoms with van der Waals surface area (Å²) >= 11 is 5.45. The van der Waals surface area contributed by atoms with Crippen LogP contribution >= 0.6 is 11.6 Å². The number of benzene rings is 1. The van der Waals surface area contributed by atoms with Gasteiger partial charge in [0, 0.05) is 11.8 Å². The molecule has 0 fully saturated rings. The van der Waals surface area contributed by atoms with Crippen LogP contribution < -0.4 is 0 Å². The molecule has 0 amide bonds. The summed E-state index contributed by atoms with van der Waals surface area (Å²) in [5, 5.41) is -1.16. The second-order valence-corrected chi connectivity index (χ2v) is 5.40. The molecule has 1 rings (SSSR count). The summed E-state index contributed by atoms with van der Waals surface area (Å²) < 4.78 is 38.3. The van der Waals surface area contributed by atoms with Crippen LogP contribution in [0.4, 0.5) is 13.2 Å². The predicted octanol–water partition coefficient (Wildman–Crippen LogP) is 5.07. The SMILES string of the molecule is CC(C)(C)N=C/C(=C(/Cl)C(F)(F)F)c1ccccc1. The van der Waals surface area contributed by atoms with Gasteiger partial charge in [-0.25, -0.2) is 0 Å². The standard InChI is InChI=1S/C14H15ClF3N/c1-13(2,3)19-9-11(12(15)14(16,17)18)10-7-5-4-6-8-10/h4-9H,1-3H3/b12-11-,19-9?. The molecular weight excluding hydrogens is 275 g/mol. The largest absolute Gasteiger partial charge is 0.427 e. The van der Waals surface area contributed by atoms with Crippen LogP contribution in [0.25, 0.3) is 5.57 Å². The van der Waals surface area contributed by atoms with Gasteiger partial charge in [0.25, 0.3) is 0 Å². The van der Waals surface area contributed by atoms with Crippen molar-refractivity contribution in [3.63, 3.8) is 0 Å². The van der Waals surface area contributed by atoms with E-state index < -0.39 is 16.7 Å². The Morgan fingerprint density at radius 1 is 1.11 bits per heavy atom. The van der Waals surface area contributed by atoms with Crippen molar-refractivity contribution in [3.05, 3.63) is 40.9 Å². The van der Waals surface area contributed by atoms with E-state index in [0.29, 0.717) is 5.56 Å². The summed E-state index contributed by atoms with van der Waals surface area (Å²) in [4.78, 5) is 4.10. The summed E-state index contributed by atoms with van der Waals surface area (Å²) in [6, 6.07) is 8.17. The fourth-order valence-corrected chi connectivity index (χ4v) is 1.44. The minimum absolute atomic E-state index is 0.121. The van der Waals surface area contributed by atoms with Crippen LogP contribution in [0, 0.1) is 0 Å². The smallest absolute Gasteiger partial charge is 0.287 e. The van der Waals surface area contributed by atoms with Crippen LogP contribution in [0.15, 0.2) is 40.4 Å². The number of nitrogens with zero attached hydrogens (tertiary/aromatic N) is 1. The third-order valence-electron chi connectivity index (χ3n) is 2.15. The first-order chi connectivity index (χ1) is 8.61. The molecule has 19 heavy (non-hydrogen) atoms.